The first-order valence-corrected chi connectivity index (χ1v) is 20.4. The van der Waals surface area contributed by atoms with Crippen molar-refractivity contribution in [3.63, 3.8) is 0 Å². The van der Waals surface area contributed by atoms with E-state index in [4.69, 9.17) is 19.1 Å². The highest BCUT2D eigenvalue weighted by Gasteiger charge is 2.27. The molecule has 0 aromatic rings. The van der Waals surface area contributed by atoms with Crippen LogP contribution in [0, 0.1) is 0 Å². The molecule has 0 bridgehead atoms. The smallest absolute Gasteiger partial charge is 0.462 e. The molecule has 0 amide bonds. The minimum Gasteiger partial charge on any atom is -0.462 e. The van der Waals surface area contributed by atoms with Gasteiger partial charge in [-0.3, -0.25) is 18.6 Å². The molecule has 0 heterocycles. The number of aliphatic hydroxyl groups is 2. The molecule has 0 aliphatic rings. The van der Waals surface area contributed by atoms with E-state index in [9.17, 15) is 24.2 Å². The van der Waals surface area contributed by atoms with Gasteiger partial charge in [-0.25, -0.2) is 4.57 Å². The molecule has 11 heteroatoms. The molecule has 1 unspecified atom stereocenters. The Morgan fingerprint density at radius 1 is 0.612 bits per heavy atom. The van der Waals surface area contributed by atoms with Gasteiger partial charge in [-0.2, -0.15) is 0 Å². The molecule has 0 fully saturated rings. The molecule has 286 valence electrons. The van der Waals surface area contributed by atoms with Crippen LogP contribution >= 0.6 is 7.82 Å². The van der Waals surface area contributed by atoms with Crippen LogP contribution in [-0.2, 0) is 32.7 Å². The molecule has 0 rings (SSSR count). The summed E-state index contributed by atoms with van der Waals surface area (Å²) >= 11 is 0. The Balaban J connectivity index is 4.41. The minimum absolute atomic E-state index is 0.170. The lowest BCUT2D eigenvalue weighted by molar-refractivity contribution is -0.161. The molecule has 0 saturated carbocycles. The highest BCUT2D eigenvalue weighted by Crippen LogP contribution is 2.43. The topological polar surface area (TPSA) is 149 Å². The summed E-state index contributed by atoms with van der Waals surface area (Å²) in [5.41, 5.74) is 0. The average molecular weight is 717 g/mol. The van der Waals surface area contributed by atoms with Crippen molar-refractivity contribution in [1.82, 2.24) is 0 Å². The first-order chi connectivity index (χ1) is 23.7. The lowest BCUT2D eigenvalue weighted by Gasteiger charge is -2.20. The number of hydrogen-bond donors (Lipinski definition) is 3. The van der Waals surface area contributed by atoms with E-state index in [1.807, 2.05) is 0 Å². The zero-order valence-electron chi connectivity index (χ0n) is 30.7. The van der Waals surface area contributed by atoms with Crippen molar-refractivity contribution in [3.05, 3.63) is 36.5 Å². The molecule has 0 aromatic carbocycles. The van der Waals surface area contributed by atoms with Gasteiger partial charge >= 0.3 is 19.8 Å². The van der Waals surface area contributed by atoms with Crippen molar-refractivity contribution in [2.75, 3.05) is 26.4 Å². The van der Waals surface area contributed by atoms with E-state index in [-0.39, 0.29) is 19.4 Å². The number of phosphoric acid groups is 1. The van der Waals surface area contributed by atoms with Crippen LogP contribution in [0.1, 0.15) is 155 Å². The maximum absolute atomic E-state index is 12.5. The number of aliphatic hydroxyl groups excluding tert-OH is 2. The summed E-state index contributed by atoms with van der Waals surface area (Å²) in [4.78, 5) is 34.8. The fraction of sp³-hybridized carbons (Fsp3) is 0.789. The number of esters is 2. The van der Waals surface area contributed by atoms with Gasteiger partial charge in [0.25, 0.3) is 0 Å². The molecule has 49 heavy (non-hydrogen) atoms. The predicted octanol–water partition coefficient (Wildman–Crippen LogP) is 9.22. The molecule has 3 N–H and O–H groups in total. The van der Waals surface area contributed by atoms with E-state index in [0.29, 0.717) is 12.8 Å². The Morgan fingerprint density at radius 3 is 1.65 bits per heavy atom. The first-order valence-electron chi connectivity index (χ1n) is 18.9. The summed E-state index contributed by atoms with van der Waals surface area (Å²) in [5.74, 6) is -0.955. The van der Waals surface area contributed by atoms with Gasteiger partial charge in [0.2, 0.25) is 0 Å². The van der Waals surface area contributed by atoms with Crippen LogP contribution in [0.4, 0.5) is 0 Å². The molecule has 10 nitrogen and oxygen atoms in total. The molecule has 0 aromatic heterocycles. The molecular weight excluding hydrogens is 647 g/mol. The van der Waals surface area contributed by atoms with Gasteiger partial charge in [0.15, 0.2) is 6.10 Å². The maximum atomic E-state index is 12.5. The Kier molecular flexibility index (Phi) is 33.4. The molecule has 0 aliphatic heterocycles. The first kappa shape index (κ1) is 47.2. The largest absolute Gasteiger partial charge is 0.472 e. The standard InChI is InChI=1S/C38H69O10P/c1-3-5-7-9-11-13-15-17-18-20-21-23-25-27-29-37(41)45-33-36(34-47-49(43,44)46-32-35(40)31-39)48-38(42)30-28-26-24-22-19-16-14-12-10-8-6-4-2/h9,11-12,14-15,17,35-36,39-40H,3-8,10,13,16,18-34H2,1-2H3,(H,43,44)/b11-9-,14-12-,17-15-/t35-,36+/m0/s1. The third-order valence-corrected chi connectivity index (χ3v) is 8.72. The van der Waals surface area contributed by atoms with Crippen LogP contribution < -0.4 is 0 Å². The van der Waals surface area contributed by atoms with Crippen LogP contribution in [0.5, 0.6) is 0 Å². The van der Waals surface area contributed by atoms with Gasteiger partial charge in [0.05, 0.1) is 19.8 Å². The van der Waals surface area contributed by atoms with Crippen molar-refractivity contribution < 1.29 is 47.8 Å². The third kappa shape index (κ3) is 34.4. The van der Waals surface area contributed by atoms with E-state index in [0.717, 1.165) is 83.5 Å². The zero-order valence-corrected chi connectivity index (χ0v) is 31.5. The molecule has 3 atom stereocenters. The summed E-state index contributed by atoms with van der Waals surface area (Å²) in [6, 6.07) is 0. The highest BCUT2D eigenvalue weighted by atomic mass is 31.2. The van der Waals surface area contributed by atoms with Crippen LogP contribution in [0.15, 0.2) is 36.5 Å². The second-order valence-electron chi connectivity index (χ2n) is 12.6. The van der Waals surface area contributed by atoms with Gasteiger partial charge in [0.1, 0.15) is 12.7 Å². The molecule has 0 saturated heterocycles. The summed E-state index contributed by atoms with van der Waals surface area (Å²) in [6.45, 7) is 2.26. The molecular formula is C38H69O10P. The molecule has 0 aliphatic carbocycles. The van der Waals surface area contributed by atoms with Crippen molar-refractivity contribution in [2.45, 2.75) is 167 Å². The number of allylic oxidation sites excluding steroid dienone is 6. The van der Waals surface area contributed by atoms with E-state index < -0.39 is 51.8 Å². The zero-order chi connectivity index (χ0) is 36.3. The number of unbranched alkanes of at least 4 members (excludes halogenated alkanes) is 15. The normalized spacial score (nSPS) is 14.5. The minimum atomic E-state index is -4.61. The van der Waals surface area contributed by atoms with E-state index in [1.54, 1.807) is 0 Å². The number of ether oxygens (including phenoxy) is 2. The Hall–Kier alpha value is -1.81. The van der Waals surface area contributed by atoms with Gasteiger partial charge in [-0.15, -0.1) is 0 Å². The van der Waals surface area contributed by atoms with Crippen molar-refractivity contribution in [1.29, 1.82) is 0 Å². The second kappa shape index (κ2) is 34.6. The van der Waals surface area contributed by atoms with Crippen molar-refractivity contribution in [3.8, 4) is 0 Å². The molecule has 0 radical (unpaired) electrons. The summed E-state index contributed by atoms with van der Waals surface area (Å²) in [5, 5.41) is 18.3. The van der Waals surface area contributed by atoms with Gasteiger partial charge < -0.3 is 24.6 Å². The van der Waals surface area contributed by atoms with Gasteiger partial charge in [-0.05, 0) is 64.2 Å². The second-order valence-corrected chi connectivity index (χ2v) is 14.0. The summed E-state index contributed by atoms with van der Waals surface area (Å²) in [6.07, 6.45) is 32.5. The quantitative estimate of drug-likeness (QED) is 0.0251. The fourth-order valence-electron chi connectivity index (χ4n) is 4.77. The fourth-order valence-corrected chi connectivity index (χ4v) is 5.56. The predicted molar refractivity (Wildman–Crippen MR) is 196 cm³/mol. The summed E-state index contributed by atoms with van der Waals surface area (Å²) < 4.78 is 32.5. The van der Waals surface area contributed by atoms with Crippen LogP contribution in [0.2, 0.25) is 0 Å². The lowest BCUT2D eigenvalue weighted by atomic mass is 10.1. The van der Waals surface area contributed by atoms with Crippen LogP contribution in [0.3, 0.4) is 0 Å². The maximum Gasteiger partial charge on any atom is 0.472 e. The van der Waals surface area contributed by atoms with E-state index >= 15 is 0 Å². The van der Waals surface area contributed by atoms with Crippen LogP contribution in [-0.4, -0.2) is 65.7 Å². The highest BCUT2D eigenvalue weighted by molar-refractivity contribution is 7.47. The number of carbonyl (C=O) groups excluding carboxylic acids is 2. The van der Waals surface area contributed by atoms with Gasteiger partial charge in [-0.1, -0.05) is 115 Å². The average Bonchev–Trinajstić information content (AvgIpc) is 3.09. The van der Waals surface area contributed by atoms with Crippen molar-refractivity contribution >= 4 is 19.8 Å². The monoisotopic (exact) mass is 716 g/mol. The Bertz CT molecular complexity index is 920. The number of carbonyl (C=O) groups is 2. The number of phosphoric ester groups is 1. The SMILES string of the molecule is CCCC/C=C\C/C=C\CCCCCCCC(=O)OC[C@H](COP(=O)(O)OC[C@@H](O)CO)OC(=O)CCCCCCC/C=C\CCCCC. The summed E-state index contributed by atoms with van der Waals surface area (Å²) in [7, 11) is -4.61. The Morgan fingerprint density at radius 2 is 1.08 bits per heavy atom. The Labute approximate surface area is 297 Å². The number of hydrogen-bond acceptors (Lipinski definition) is 9. The van der Waals surface area contributed by atoms with Crippen molar-refractivity contribution in [2.24, 2.45) is 0 Å². The van der Waals surface area contributed by atoms with Crippen LogP contribution in [0.25, 0.3) is 0 Å². The number of rotatable bonds is 35. The lowest BCUT2D eigenvalue weighted by Crippen LogP contribution is -2.29. The van der Waals surface area contributed by atoms with E-state index in [2.05, 4.69) is 54.8 Å². The van der Waals surface area contributed by atoms with E-state index in [1.165, 1.54) is 32.1 Å². The van der Waals surface area contributed by atoms with Gasteiger partial charge in [0, 0.05) is 12.8 Å². The third-order valence-electron chi connectivity index (χ3n) is 7.77. The molecule has 0 spiro atoms.